The average Bonchev–Trinajstić information content (AvgIpc) is 2.96. The number of pyridine rings is 1. The molecule has 1 aromatic rings. The van der Waals surface area contributed by atoms with Gasteiger partial charge in [0, 0.05) is 12.7 Å². The number of ketones is 1. The Kier molecular flexibility index (Phi) is 3.51. The van der Waals surface area contributed by atoms with Crippen molar-refractivity contribution in [1.82, 2.24) is 10.3 Å². The van der Waals surface area contributed by atoms with Gasteiger partial charge < -0.3 is 5.32 Å². The number of carbonyl (C=O) groups is 1. The van der Waals surface area contributed by atoms with E-state index in [4.69, 9.17) is 0 Å². The average molecular weight is 298 g/mol. The monoisotopic (exact) mass is 298 g/mol. The van der Waals surface area contributed by atoms with Crippen molar-refractivity contribution in [3.05, 3.63) is 29.6 Å². The Morgan fingerprint density at radius 3 is 2.90 bits per heavy atom. The lowest BCUT2D eigenvalue weighted by atomic mass is 9.71. The third kappa shape index (κ3) is 2.25. The number of Topliss-reactive ketones (excluding diaryl/α,β-unsaturated/α-hetero) is 1. The fourth-order valence-electron chi connectivity index (χ4n) is 3.48. The molecule has 0 amide bonds. The molecule has 0 spiro atoms. The number of nitrogens with zero attached hydrogens (tertiary/aromatic N) is 1. The van der Waals surface area contributed by atoms with Crippen LogP contribution in [0.5, 0.6) is 0 Å². The van der Waals surface area contributed by atoms with E-state index >= 15 is 0 Å². The molecule has 2 unspecified atom stereocenters. The molecular formula is C15H17F3N2O. The highest BCUT2D eigenvalue weighted by atomic mass is 19.4. The van der Waals surface area contributed by atoms with E-state index in [2.05, 4.69) is 10.3 Å². The number of alkyl halides is 3. The van der Waals surface area contributed by atoms with E-state index in [0.29, 0.717) is 12.1 Å². The Labute approximate surface area is 120 Å². The van der Waals surface area contributed by atoms with Gasteiger partial charge in [0.25, 0.3) is 0 Å². The molecule has 0 saturated carbocycles. The molecule has 2 aliphatic rings. The SMILES string of the molecule is O=C(C1CCCc2cccnc21)C1(C(F)(F)F)CCNC1. The molecule has 1 fully saturated rings. The second kappa shape index (κ2) is 5.09. The van der Waals surface area contributed by atoms with Crippen LogP contribution in [0.25, 0.3) is 0 Å². The number of aromatic nitrogens is 1. The summed E-state index contributed by atoms with van der Waals surface area (Å²) >= 11 is 0. The van der Waals surface area contributed by atoms with Crippen molar-refractivity contribution < 1.29 is 18.0 Å². The van der Waals surface area contributed by atoms with Gasteiger partial charge in [0.05, 0.1) is 11.6 Å². The van der Waals surface area contributed by atoms with Crippen LogP contribution in [0.2, 0.25) is 0 Å². The molecule has 1 N–H and O–H groups in total. The van der Waals surface area contributed by atoms with Crippen molar-refractivity contribution >= 4 is 5.78 Å². The molecule has 1 aliphatic carbocycles. The number of carbonyl (C=O) groups excluding carboxylic acids is 1. The maximum atomic E-state index is 13.5. The molecule has 0 aromatic carbocycles. The predicted octanol–water partition coefficient (Wildman–Crippen LogP) is 2.61. The largest absolute Gasteiger partial charge is 0.402 e. The molecule has 3 rings (SSSR count). The van der Waals surface area contributed by atoms with Crippen LogP contribution >= 0.6 is 0 Å². The highest BCUT2D eigenvalue weighted by molar-refractivity contribution is 5.92. The van der Waals surface area contributed by atoms with Gasteiger partial charge in [0.2, 0.25) is 0 Å². The van der Waals surface area contributed by atoms with Gasteiger partial charge in [-0.25, -0.2) is 0 Å². The summed E-state index contributed by atoms with van der Waals surface area (Å²) in [5.74, 6) is -1.43. The van der Waals surface area contributed by atoms with E-state index in [-0.39, 0.29) is 19.5 Å². The summed E-state index contributed by atoms with van der Waals surface area (Å²) in [6.07, 6.45) is -1.16. The lowest BCUT2D eigenvalue weighted by molar-refractivity contribution is -0.215. The number of aryl methyl sites for hydroxylation is 1. The molecule has 114 valence electrons. The van der Waals surface area contributed by atoms with Crippen molar-refractivity contribution in [2.24, 2.45) is 5.41 Å². The highest BCUT2D eigenvalue weighted by Crippen LogP contribution is 2.48. The van der Waals surface area contributed by atoms with Gasteiger partial charge in [-0.15, -0.1) is 0 Å². The Morgan fingerprint density at radius 1 is 1.43 bits per heavy atom. The minimum absolute atomic E-state index is 0.173. The van der Waals surface area contributed by atoms with E-state index in [1.165, 1.54) is 0 Å². The summed E-state index contributed by atoms with van der Waals surface area (Å²) in [6, 6.07) is 3.62. The second-order valence-electron chi connectivity index (χ2n) is 5.86. The summed E-state index contributed by atoms with van der Waals surface area (Å²) < 4.78 is 40.5. The molecule has 21 heavy (non-hydrogen) atoms. The van der Waals surface area contributed by atoms with Crippen LogP contribution in [0.4, 0.5) is 13.2 Å². The second-order valence-corrected chi connectivity index (χ2v) is 5.86. The first-order valence-corrected chi connectivity index (χ1v) is 7.21. The lowest BCUT2D eigenvalue weighted by Crippen LogP contribution is -2.49. The van der Waals surface area contributed by atoms with E-state index in [1.54, 1.807) is 12.3 Å². The van der Waals surface area contributed by atoms with Crippen LogP contribution < -0.4 is 5.32 Å². The van der Waals surface area contributed by atoms with Crippen LogP contribution in [0.3, 0.4) is 0 Å². The van der Waals surface area contributed by atoms with Crippen LogP contribution in [-0.2, 0) is 11.2 Å². The number of rotatable bonds is 2. The minimum atomic E-state index is -4.51. The van der Waals surface area contributed by atoms with Gasteiger partial charge >= 0.3 is 6.18 Å². The Bertz CT molecular complexity index is 550. The third-order valence-electron chi connectivity index (χ3n) is 4.68. The maximum absolute atomic E-state index is 13.5. The van der Waals surface area contributed by atoms with Gasteiger partial charge in [-0.2, -0.15) is 13.2 Å². The molecule has 1 aliphatic heterocycles. The van der Waals surface area contributed by atoms with Gasteiger partial charge in [0.15, 0.2) is 5.78 Å². The Hall–Kier alpha value is -1.43. The molecule has 1 aromatic heterocycles. The smallest absolute Gasteiger partial charge is 0.315 e. The predicted molar refractivity (Wildman–Crippen MR) is 70.9 cm³/mol. The zero-order valence-corrected chi connectivity index (χ0v) is 11.5. The van der Waals surface area contributed by atoms with Crippen LogP contribution in [0.1, 0.15) is 36.4 Å². The van der Waals surface area contributed by atoms with Gasteiger partial charge in [-0.3, -0.25) is 9.78 Å². The minimum Gasteiger partial charge on any atom is -0.315 e. The van der Waals surface area contributed by atoms with Crippen molar-refractivity contribution in [1.29, 1.82) is 0 Å². The topological polar surface area (TPSA) is 42.0 Å². The number of hydrogen-bond acceptors (Lipinski definition) is 3. The fourth-order valence-corrected chi connectivity index (χ4v) is 3.48. The Balaban J connectivity index is 1.99. The van der Waals surface area contributed by atoms with Gasteiger partial charge in [0.1, 0.15) is 5.41 Å². The molecule has 1 saturated heterocycles. The first kappa shape index (κ1) is 14.5. The summed E-state index contributed by atoms with van der Waals surface area (Å²) in [5, 5.41) is 2.70. The van der Waals surface area contributed by atoms with Crippen molar-refractivity contribution in [2.45, 2.75) is 37.8 Å². The number of halogens is 3. The molecule has 2 heterocycles. The normalized spacial score (nSPS) is 29.2. The molecule has 3 nitrogen and oxygen atoms in total. The zero-order chi connectivity index (χ0) is 15.1. The molecular weight excluding hydrogens is 281 g/mol. The van der Waals surface area contributed by atoms with Crippen molar-refractivity contribution in [3.8, 4) is 0 Å². The number of hydrogen-bond donors (Lipinski definition) is 1. The summed E-state index contributed by atoms with van der Waals surface area (Å²) in [7, 11) is 0. The van der Waals surface area contributed by atoms with Crippen LogP contribution in [-0.4, -0.2) is 30.0 Å². The first-order chi connectivity index (χ1) is 9.96. The first-order valence-electron chi connectivity index (χ1n) is 7.21. The Morgan fingerprint density at radius 2 is 2.24 bits per heavy atom. The fraction of sp³-hybridized carbons (Fsp3) is 0.600. The lowest BCUT2D eigenvalue weighted by Gasteiger charge is -2.34. The van der Waals surface area contributed by atoms with E-state index in [0.717, 1.165) is 18.4 Å². The maximum Gasteiger partial charge on any atom is 0.402 e. The molecule has 0 bridgehead atoms. The van der Waals surface area contributed by atoms with E-state index < -0.39 is 23.3 Å². The van der Waals surface area contributed by atoms with Crippen LogP contribution in [0.15, 0.2) is 18.3 Å². The highest BCUT2D eigenvalue weighted by Gasteiger charge is 2.62. The summed E-state index contributed by atoms with van der Waals surface area (Å²) in [5.41, 5.74) is -0.793. The van der Waals surface area contributed by atoms with E-state index in [1.807, 2.05) is 6.07 Å². The standard InChI is InChI=1S/C15H17F3N2O/c16-15(17,18)14(6-8-19-9-14)13(21)11-5-1-3-10-4-2-7-20-12(10)11/h2,4,7,11,19H,1,3,5-6,8-9H2. The quantitative estimate of drug-likeness (QED) is 0.912. The van der Waals surface area contributed by atoms with Crippen LogP contribution in [0, 0.1) is 5.41 Å². The molecule has 0 radical (unpaired) electrons. The zero-order valence-electron chi connectivity index (χ0n) is 11.5. The third-order valence-corrected chi connectivity index (χ3v) is 4.68. The van der Waals surface area contributed by atoms with Gasteiger partial charge in [-0.1, -0.05) is 6.07 Å². The van der Waals surface area contributed by atoms with Gasteiger partial charge in [-0.05, 0) is 43.9 Å². The number of nitrogens with one attached hydrogen (secondary N) is 1. The summed E-state index contributed by atoms with van der Waals surface area (Å²) in [4.78, 5) is 16.9. The summed E-state index contributed by atoms with van der Waals surface area (Å²) in [6.45, 7) is -0.0823. The van der Waals surface area contributed by atoms with Crippen molar-refractivity contribution in [2.75, 3.05) is 13.1 Å². The number of fused-ring (bicyclic) bond motifs is 1. The molecule has 6 heteroatoms. The van der Waals surface area contributed by atoms with Crippen molar-refractivity contribution in [3.63, 3.8) is 0 Å². The van der Waals surface area contributed by atoms with E-state index in [9.17, 15) is 18.0 Å². The molecule has 2 atom stereocenters.